The number of anilines is 1. The van der Waals surface area contributed by atoms with E-state index in [4.69, 9.17) is 27.1 Å². The summed E-state index contributed by atoms with van der Waals surface area (Å²) in [6, 6.07) is 13.1. The molecule has 37 heavy (non-hydrogen) atoms. The molecule has 1 aliphatic rings. The third-order valence-corrected chi connectivity index (χ3v) is 6.56. The van der Waals surface area contributed by atoms with Gasteiger partial charge in [-0.3, -0.25) is 13.9 Å². The van der Waals surface area contributed by atoms with Crippen molar-refractivity contribution in [3.05, 3.63) is 69.5 Å². The molecule has 4 aromatic rings. The Balaban J connectivity index is 1.60. The van der Waals surface area contributed by atoms with Gasteiger partial charge in [0, 0.05) is 37.3 Å². The van der Waals surface area contributed by atoms with Gasteiger partial charge in [-0.1, -0.05) is 35.9 Å². The summed E-state index contributed by atoms with van der Waals surface area (Å²) in [5.41, 5.74) is 7.16. The van der Waals surface area contributed by atoms with E-state index in [1.807, 2.05) is 22.8 Å². The van der Waals surface area contributed by atoms with Gasteiger partial charge in [0.05, 0.1) is 6.54 Å². The van der Waals surface area contributed by atoms with Crippen molar-refractivity contribution in [1.82, 2.24) is 19.1 Å². The SMILES string of the molecule is Cn1c(Oc2cccc(OC(F)F)c2)nc2nc(N3CCC[C@@H](N)C3)n(Cc3ccccc3Cl)c2c1=O. The van der Waals surface area contributed by atoms with Gasteiger partial charge in [-0.15, -0.1) is 0 Å². The van der Waals surface area contributed by atoms with E-state index in [9.17, 15) is 13.6 Å². The average Bonchev–Trinajstić information content (AvgIpc) is 3.21. The van der Waals surface area contributed by atoms with Crippen molar-refractivity contribution in [2.45, 2.75) is 32.0 Å². The lowest BCUT2D eigenvalue weighted by Crippen LogP contribution is -2.44. The number of nitrogens with zero attached hydrogens (tertiary/aromatic N) is 5. The maximum atomic E-state index is 13.6. The quantitative estimate of drug-likeness (QED) is 0.383. The summed E-state index contributed by atoms with van der Waals surface area (Å²) >= 11 is 6.44. The number of halogens is 3. The lowest BCUT2D eigenvalue weighted by molar-refractivity contribution is -0.0499. The summed E-state index contributed by atoms with van der Waals surface area (Å²) in [6.45, 7) is -1.34. The molecule has 194 valence electrons. The highest BCUT2D eigenvalue weighted by Gasteiger charge is 2.26. The highest BCUT2D eigenvalue weighted by atomic mass is 35.5. The van der Waals surface area contributed by atoms with E-state index in [-0.39, 0.29) is 34.8 Å². The van der Waals surface area contributed by atoms with Gasteiger partial charge in [-0.05, 0) is 36.6 Å². The molecule has 9 nitrogen and oxygen atoms in total. The number of nitrogens with two attached hydrogens (primary N) is 1. The second kappa shape index (κ2) is 10.3. The normalized spacial score (nSPS) is 15.9. The first kappa shape index (κ1) is 25.0. The van der Waals surface area contributed by atoms with E-state index in [0.29, 0.717) is 29.6 Å². The zero-order chi connectivity index (χ0) is 26.1. The molecule has 1 atom stereocenters. The molecule has 0 spiro atoms. The third kappa shape index (κ3) is 5.23. The van der Waals surface area contributed by atoms with Crippen LogP contribution in [0.4, 0.5) is 14.7 Å². The van der Waals surface area contributed by atoms with Crippen LogP contribution in [-0.4, -0.2) is 44.8 Å². The van der Waals surface area contributed by atoms with Crippen LogP contribution < -0.4 is 25.7 Å². The number of imidazole rings is 1. The molecular weight excluding hydrogens is 506 g/mol. The highest BCUT2D eigenvalue weighted by Crippen LogP contribution is 2.29. The monoisotopic (exact) mass is 530 g/mol. The number of fused-ring (bicyclic) bond motifs is 1. The molecular formula is C25H25ClF2N6O3. The van der Waals surface area contributed by atoms with Crippen LogP contribution in [0.25, 0.3) is 11.2 Å². The molecule has 0 bridgehead atoms. The molecule has 1 saturated heterocycles. The number of aromatic nitrogens is 4. The fourth-order valence-electron chi connectivity index (χ4n) is 4.42. The summed E-state index contributed by atoms with van der Waals surface area (Å²) in [5, 5.41) is 0.571. The predicted molar refractivity (Wildman–Crippen MR) is 136 cm³/mol. The van der Waals surface area contributed by atoms with Gasteiger partial charge in [0.25, 0.3) is 5.56 Å². The molecule has 2 aromatic carbocycles. The van der Waals surface area contributed by atoms with Crippen LogP contribution in [0.2, 0.25) is 5.02 Å². The van der Waals surface area contributed by atoms with Crippen molar-refractivity contribution in [2.24, 2.45) is 12.8 Å². The Bertz CT molecular complexity index is 1490. The molecule has 0 saturated carbocycles. The molecule has 1 aliphatic heterocycles. The Morgan fingerprint density at radius 2 is 1.95 bits per heavy atom. The van der Waals surface area contributed by atoms with Crippen LogP contribution >= 0.6 is 11.6 Å². The van der Waals surface area contributed by atoms with Crippen LogP contribution in [0.5, 0.6) is 17.5 Å². The van der Waals surface area contributed by atoms with Gasteiger partial charge in [0.15, 0.2) is 11.2 Å². The van der Waals surface area contributed by atoms with Crippen molar-refractivity contribution in [3.63, 3.8) is 0 Å². The number of alkyl halides is 2. The Hall–Kier alpha value is -3.70. The topological polar surface area (TPSA) is 100 Å². The van der Waals surface area contributed by atoms with Gasteiger partial charge in [-0.2, -0.15) is 18.7 Å². The zero-order valence-corrected chi connectivity index (χ0v) is 20.7. The summed E-state index contributed by atoms with van der Waals surface area (Å²) in [7, 11) is 1.52. The molecule has 0 amide bonds. The van der Waals surface area contributed by atoms with Crippen LogP contribution in [0.3, 0.4) is 0 Å². The van der Waals surface area contributed by atoms with Gasteiger partial charge >= 0.3 is 12.6 Å². The number of hydrogen-bond acceptors (Lipinski definition) is 7. The summed E-state index contributed by atoms with van der Waals surface area (Å²) < 4.78 is 38.5. The lowest BCUT2D eigenvalue weighted by atomic mass is 10.1. The van der Waals surface area contributed by atoms with Crippen LogP contribution in [0, 0.1) is 0 Å². The van der Waals surface area contributed by atoms with Crippen LogP contribution in [0.1, 0.15) is 18.4 Å². The number of ether oxygens (including phenoxy) is 2. The van der Waals surface area contributed by atoms with Crippen molar-refractivity contribution in [2.75, 3.05) is 18.0 Å². The summed E-state index contributed by atoms with van der Waals surface area (Å²) in [6.07, 6.45) is 1.81. The van der Waals surface area contributed by atoms with Crippen molar-refractivity contribution >= 4 is 28.7 Å². The van der Waals surface area contributed by atoms with Gasteiger partial charge in [-0.25, -0.2) is 0 Å². The molecule has 0 aliphatic carbocycles. The summed E-state index contributed by atoms with van der Waals surface area (Å²) in [4.78, 5) is 24.9. The number of rotatable bonds is 7. The Labute approximate surface area is 216 Å². The minimum atomic E-state index is -2.97. The van der Waals surface area contributed by atoms with Crippen molar-refractivity contribution < 1.29 is 18.3 Å². The zero-order valence-electron chi connectivity index (χ0n) is 20.0. The van der Waals surface area contributed by atoms with Gasteiger partial charge < -0.3 is 20.1 Å². The van der Waals surface area contributed by atoms with E-state index in [2.05, 4.69) is 14.6 Å². The fraction of sp³-hybridized carbons (Fsp3) is 0.320. The second-order valence-electron chi connectivity index (χ2n) is 8.82. The minimum Gasteiger partial charge on any atom is -0.435 e. The largest absolute Gasteiger partial charge is 0.435 e. The third-order valence-electron chi connectivity index (χ3n) is 6.19. The van der Waals surface area contributed by atoms with E-state index in [1.165, 1.54) is 29.8 Å². The first-order valence-electron chi connectivity index (χ1n) is 11.7. The molecule has 0 radical (unpaired) electrons. The average molecular weight is 531 g/mol. The second-order valence-corrected chi connectivity index (χ2v) is 9.23. The van der Waals surface area contributed by atoms with Gasteiger partial charge in [0.1, 0.15) is 11.5 Å². The van der Waals surface area contributed by atoms with Crippen molar-refractivity contribution in [1.29, 1.82) is 0 Å². The standard InChI is InChI=1S/C25H25ClF2N6O3/c1-32-22(35)20-21(31-25(32)37-18-9-4-8-17(12-18)36-23(27)28)30-24(33-11-5-7-16(29)14-33)34(20)13-15-6-2-3-10-19(15)26/h2-4,6,8-10,12,16,23H,5,7,11,13-14,29H2,1H3/t16-/m1/s1. The van der Waals surface area contributed by atoms with E-state index in [1.54, 1.807) is 12.1 Å². The molecule has 12 heteroatoms. The number of piperidine rings is 1. The Morgan fingerprint density at radius 1 is 1.16 bits per heavy atom. The van der Waals surface area contributed by atoms with E-state index >= 15 is 0 Å². The molecule has 2 N–H and O–H groups in total. The first-order valence-corrected chi connectivity index (χ1v) is 12.1. The summed E-state index contributed by atoms with van der Waals surface area (Å²) in [5.74, 6) is 0.670. The molecule has 3 heterocycles. The minimum absolute atomic E-state index is 0.0141. The van der Waals surface area contributed by atoms with Crippen LogP contribution in [0.15, 0.2) is 53.3 Å². The predicted octanol–water partition coefficient (Wildman–Crippen LogP) is 4.15. The van der Waals surface area contributed by atoms with Crippen LogP contribution in [-0.2, 0) is 13.6 Å². The first-order chi connectivity index (χ1) is 17.8. The number of benzene rings is 2. The lowest BCUT2D eigenvalue weighted by Gasteiger charge is -2.31. The van der Waals surface area contributed by atoms with Gasteiger partial charge in [0.2, 0.25) is 5.95 Å². The van der Waals surface area contributed by atoms with E-state index in [0.717, 1.165) is 24.9 Å². The van der Waals surface area contributed by atoms with E-state index < -0.39 is 6.61 Å². The molecule has 5 rings (SSSR count). The Morgan fingerprint density at radius 3 is 2.70 bits per heavy atom. The molecule has 1 fully saturated rings. The number of hydrogen-bond donors (Lipinski definition) is 1. The fourth-order valence-corrected chi connectivity index (χ4v) is 4.61. The molecule has 0 unspecified atom stereocenters. The molecule has 2 aromatic heterocycles. The maximum Gasteiger partial charge on any atom is 0.387 e. The Kier molecular flexibility index (Phi) is 6.98. The van der Waals surface area contributed by atoms with Crippen molar-refractivity contribution in [3.8, 4) is 17.5 Å². The maximum absolute atomic E-state index is 13.6. The smallest absolute Gasteiger partial charge is 0.387 e. The highest BCUT2D eigenvalue weighted by molar-refractivity contribution is 6.31.